The van der Waals surface area contributed by atoms with Gasteiger partial charge in [0.1, 0.15) is 11.4 Å². The van der Waals surface area contributed by atoms with Crippen molar-refractivity contribution in [3.8, 4) is 17.0 Å². The van der Waals surface area contributed by atoms with Crippen LogP contribution in [0.3, 0.4) is 0 Å². The lowest BCUT2D eigenvalue weighted by Crippen LogP contribution is -2.38. The van der Waals surface area contributed by atoms with Crippen LogP contribution in [0.2, 0.25) is 0 Å². The first-order chi connectivity index (χ1) is 15.1. The van der Waals surface area contributed by atoms with Crippen LogP contribution in [0.1, 0.15) is 33.1 Å². The number of hydrogen-bond acceptors (Lipinski definition) is 4. The SMILES string of the molecule is COc1ccccc1-c1cc(C(=O)N2Cc3ccccc3[C@@H](c3cnn(C)c3)C2)[nH]n1. The van der Waals surface area contributed by atoms with E-state index in [1.54, 1.807) is 17.9 Å². The Labute approximate surface area is 180 Å². The molecular weight excluding hydrogens is 390 g/mol. The number of nitrogens with zero attached hydrogens (tertiary/aromatic N) is 4. The molecular formula is C24H23N5O2. The molecule has 1 aliphatic heterocycles. The number of nitrogens with one attached hydrogen (secondary N) is 1. The van der Waals surface area contributed by atoms with Crippen molar-refractivity contribution in [2.75, 3.05) is 13.7 Å². The van der Waals surface area contributed by atoms with Gasteiger partial charge in [0, 0.05) is 37.8 Å². The number of aromatic nitrogens is 4. The molecule has 7 heteroatoms. The van der Waals surface area contributed by atoms with Crippen LogP contribution in [0.15, 0.2) is 67.0 Å². The summed E-state index contributed by atoms with van der Waals surface area (Å²) in [6.45, 7) is 1.15. The van der Waals surface area contributed by atoms with Gasteiger partial charge in [0.25, 0.3) is 5.91 Å². The van der Waals surface area contributed by atoms with Crippen LogP contribution in [0.5, 0.6) is 5.75 Å². The number of hydrogen-bond donors (Lipinski definition) is 1. The zero-order valence-corrected chi connectivity index (χ0v) is 17.4. The van der Waals surface area contributed by atoms with Gasteiger partial charge in [-0.3, -0.25) is 14.6 Å². The third-order valence-electron chi connectivity index (χ3n) is 5.80. The minimum atomic E-state index is -0.0722. The number of amides is 1. The Bertz CT molecular complexity index is 1240. The summed E-state index contributed by atoms with van der Waals surface area (Å²) in [7, 11) is 3.53. The van der Waals surface area contributed by atoms with Crippen molar-refractivity contribution in [2.24, 2.45) is 7.05 Å². The Balaban J connectivity index is 1.46. The Morgan fingerprint density at radius 1 is 1.16 bits per heavy atom. The van der Waals surface area contributed by atoms with Crippen LogP contribution < -0.4 is 4.74 Å². The summed E-state index contributed by atoms with van der Waals surface area (Å²) in [6, 6.07) is 17.7. The molecule has 31 heavy (non-hydrogen) atoms. The second kappa shape index (κ2) is 7.75. The molecule has 7 nitrogen and oxygen atoms in total. The van der Waals surface area contributed by atoms with E-state index in [9.17, 15) is 4.79 Å². The molecule has 1 atom stereocenters. The lowest BCUT2D eigenvalue weighted by molar-refractivity contribution is 0.0719. The predicted octanol–water partition coefficient (Wildman–Crippen LogP) is 3.61. The van der Waals surface area contributed by atoms with Crippen LogP contribution in [-0.4, -0.2) is 44.4 Å². The predicted molar refractivity (Wildman–Crippen MR) is 117 cm³/mol. The highest BCUT2D eigenvalue weighted by atomic mass is 16.5. The van der Waals surface area contributed by atoms with Crippen molar-refractivity contribution in [2.45, 2.75) is 12.5 Å². The zero-order valence-electron chi connectivity index (χ0n) is 17.4. The quantitative estimate of drug-likeness (QED) is 0.555. The molecule has 156 valence electrons. The molecule has 0 radical (unpaired) electrons. The van der Waals surface area contributed by atoms with E-state index in [2.05, 4.69) is 27.4 Å². The Hall–Kier alpha value is -3.87. The largest absolute Gasteiger partial charge is 0.496 e. The van der Waals surface area contributed by atoms with Gasteiger partial charge >= 0.3 is 0 Å². The summed E-state index contributed by atoms with van der Waals surface area (Å²) in [5.74, 6) is 0.729. The first kappa shape index (κ1) is 19.1. The van der Waals surface area contributed by atoms with Crippen LogP contribution in [0.4, 0.5) is 0 Å². The van der Waals surface area contributed by atoms with E-state index in [1.807, 2.05) is 60.7 Å². The maximum Gasteiger partial charge on any atom is 0.272 e. The highest BCUT2D eigenvalue weighted by Crippen LogP contribution is 2.34. The molecule has 1 aliphatic rings. The normalized spacial score (nSPS) is 15.5. The van der Waals surface area contributed by atoms with E-state index in [4.69, 9.17) is 4.74 Å². The third kappa shape index (κ3) is 3.48. The number of para-hydroxylation sites is 1. The van der Waals surface area contributed by atoms with Crippen molar-refractivity contribution in [1.82, 2.24) is 24.9 Å². The third-order valence-corrected chi connectivity index (χ3v) is 5.80. The van der Waals surface area contributed by atoms with Gasteiger partial charge in [-0.05, 0) is 34.9 Å². The van der Waals surface area contributed by atoms with Crippen molar-refractivity contribution >= 4 is 5.91 Å². The number of carbonyl (C=O) groups is 1. The standard InChI is InChI=1S/C24H23N5O2/c1-28-13-17(12-25-28)20-15-29(14-16-7-3-4-8-18(16)20)24(30)22-11-21(26-27-22)19-9-5-6-10-23(19)31-2/h3-13,20H,14-15H2,1-2H3,(H,26,27)/t20-/m1/s1. The van der Waals surface area contributed by atoms with Gasteiger partial charge in [-0.1, -0.05) is 36.4 Å². The van der Waals surface area contributed by atoms with Crippen molar-refractivity contribution in [1.29, 1.82) is 0 Å². The average molecular weight is 413 g/mol. The fourth-order valence-corrected chi connectivity index (χ4v) is 4.26. The highest BCUT2D eigenvalue weighted by Gasteiger charge is 2.31. The molecule has 0 aliphatic carbocycles. The summed E-state index contributed by atoms with van der Waals surface area (Å²) in [5.41, 5.74) is 5.50. The van der Waals surface area contributed by atoms with Crippen molar-refractivity contribution < 1.29 is 9.53 Å². The van der Waals surface area contributed by atoms with E-state index in [-0.39, 0.29) is 11.8 Å². The van der Waals surface area contributed by atoms with Crippen LogP contribution in [-0.2, 0) is 13.6 Å². The van der Waals surface area contributed by atoms with Gasteiger partial charge < -0.3 is 9.64 Å². The molecule has 1 N–H and O–H groups in total. The van der Waals surface area contributed by atoms with Gasteiger partial charge in [-0.25, -0.2) is 0 Å². The van der Waals surface area contributed by atoms with Crippen molar-refractivity contribution in [3.05, 3.63) is 89.4 Å². The monoisotopic (exact) mass is 413 g/mol. The molecule has 0 fully saturated rings. The summed E-state index contributed by atoms with van der Waals surface area (Å²) < 4.78 is 7.23. The number of aryl methyl sites for hydroxylation is 1. The van der Waals surface area contributed by atoms with Crippen LogP contribution in [0.25, 0.3) is 11.3 Å². The minimum absolute atomic E-state index is 0.0722. The molecule has 3 heterocycles. The smallest absolute Gasteiger partial charge is 0.272 e. The molecule has 2 aromatic heterocycles. The number of rotatable bonds is 4. The molecule has 0 bridgehead atoms. The van der Waals surface area contributed by atoms with E-state index in [0.717, 1.165) is 22.4 Å². The molecule has 1 amide bonds. The lowest BCUT2D eigenvalue weighted by Gasteiger charge is -2.34. The number of carbonyl (C=O) groups excluding carboxylic acids is 1. The van der Waals surface area contributed by atoms with Crippen LogP contribution >= 0.6 is 0 Å². The maximum absolute atomic E-state index is 13.4. The second-order valence-electron chi connectivity index (χ2n) is 7.75. The molecule has 0 unspecified atom stereocenters. The van der Waals surface area contributed by atoms with Gasteiger partial charge in [-0.2, -0.15) is 10.2 Å². The summed E-state index contributed by atoms with van der Waals surface area (Å²) >= 11 is 0. The minimum Gasteiger partial charge on any atom is -0.496 e. The first-order valence-electron chi connectivity index (χ1n) is 10.2. The van der Waals surface area contributed by atoms with E-state index >= 15 is 0 Å². The topological polar surface area (TPSA) is 76.0 Å². The molecule has 2 aromatic carbocycles. The number of fused-ring (bicyclic) bond motifs is 1. The Morgan fingerprint density at radius 3 is 2.77 bits per heavy atom. The molecule has 0 saturated carbocycles. The van der Waals surface area contributed by atoms with Gasteiger partial charge in [-0.15, -0.1) is 0 Å². The number of aromatic amines is 1. The Morgan fingerprint density at radius 2 is 1.97 bits per heavy atom. The van der Waals surface area contributed by atoms with Crippen molar-refractivity contribution in [3.63, 3.8) is 0 Å². The van der Waals surface area contributed by atoms with E-state index in [1.165, 1.54) is 5.56 Å². The fourth-order valence-electron chi connectivity index (χ4n) is 4.26. The molecule has 0 spiro atoms. The second-order valence-corrected chi connectivity index (χ2v) is 7.75. The van der Waals surface area contributed by atoms with Gasteiger partial charge in [0.15, 0.2) is 0 Å². The van der Waals surface area contributed by atoms with Gasteiger partial charge in [0.05, 0.1) is 19.0 Å². The number of methoxy groups -OCH3 is 1. The first-order valence-corrected chi connectivity index (χ1v) is 10.2. The van der Waals surface area contributed by atoms with E-state index in [0.29, 0.717) is 24.5 Å². The molecule has 5 rings (SSSR count). The summed E-state index contributed by atoms with van der Waals surface area (Å²) in [6.07, 6.45) is 3.90. The summed E-state index contributed by atoms with van der Waals surface area (Å²) in [4.78, 5) is 15.3. The molecule has 4 aromatic rings. The maximum atomic E-state index is 13.4. The van der Waals surface area contributed by atoms with Gasteiger partial charge in [0.2, 0.25) is 0 Å². The number of benzene rings is 2. The number of ether oxygens (including phenoxy) is 1. The van der Waals surface area contributed by atoms with E-state index < -0.39 is 0 Å². The zero-order chi connectivity index (χ0) is 21.4. The Kier molecular flexibility index (Phi) is 4.78. The fraction of sp³-hybridized carbons (Fsp3) is 0.208. The highest BCUT2D eigenvalue weighted by molar-refractivity contribution is 5.94. The average Bonchev–Trinajstić information content (AvgIpc) is 3.47. The number of H-pyrrole nitrogens is 1. The summed E-state index contributed by atoms with van der Waals surface area (Å²) in [5, 5.41) is 11.6. The molecule has 0 saturated heterocycles. The van der Waals surface area contributed by atoms with Crippen LogP contribution in [0, 0.1) is 0 Å². The lowest BCUT2D eigenvalue weighted by atomic mass is 9.86.